The van der Waals surface area contributed by atoms with Crippen LogP contribution in [0.1, 0.15) is 438 Å². The van der Waals surface area contributed by atoms with Gasteiger partial charge in [0.25, 0.3) is 0 Å². The number of rotatable bonds is 72. The summed E-state index contributed by atoms with van der Waals surface area (Å²) in [5.74, 6) is -0.00567. The predicted molar refractivity (Wildman–Crippen MR) is 361 cm³/mol. The molecule has 0 saturated carbocycles. The lowest BCUT2D eigenvalue weighted by atomic mass is 10.0. The van der Waals surface area contributed by atoms with Crippen molar-refractivity contribution in [3.8, 4) is 0 Å². The maximum Gasteiger partial charge on any atom is 0.305 e. The second-order valence-corrected chi connectivity index (χ2v) is 26.3. The lowest BCUT2D eigenvalue weighted by Gasteiger charge is -2.22. The number of carbonyl (C=O) groups excluding carboxylic acids is 2. The standard InChI is InChI=1S/C76H149NO5/c1-3-5-7-9-11-13-15-17-19-36-40-44-48-52-56-60-64-68-74(79)73(72-78)77-75(80)69-65-61-57-53-49-45-41-38-34-32-30-28-26-24-22-21-23-25-27-29-31-33-35-39-43-47-51-55-59-63-67-71-82-76(81)70-66-62-58-54-50-46-42-37-20-18-16-14-12-10-8-6-4-2/h23,25,73-74,78-79H,3-22,24,26-72H2,1-2H3,(H,77,80)/b25-23-. The molecule has 488 valence electrons. The van der Waals surface area contributed by atoms with Gasteiger partial charge in [0, 0.05) is 12.8 Å². The highest BCUT2D eigenvalue weighted by atomic mass is 16.5. The molecule has 82 heavy (non-hydrogen) atoms. The van der Waals surface area contributed by atoms with E-state index < -0.39 is 12.1 Å². The normalized spacial score (nSPS) is 12.5. The number of allylic oxidation sites excluding steroid dienone is 2. The van der Waals surface area contributed by atoms with E-state index in [0.717, 1.165) is 38.5 Å². The molecular formula is C76H149NO5. The smallest absolute Gasteiger partial charge is 0.305 e. The van der Waals surface area contributed by atoms with Gasteiger partial charge in [-0.3, -0.25) is 9.59 Å². The van der Waals surface area contributed by atoms with E-state index in [9.17, 15) is 19.8 Å². The van der Waals surface area contributed by atoms with Crippen molar-refractivity contribution in [1.82, 2.24) is 5.32 Å². The molecule has 0 aromatic rings. The second kappa shape index (κ2) is 72.1. The summed E-state index contributed by atoms with van der Waals surface area (Å²) in [5.41, 5.74) is 0. The van der Waals surface area contributed by atoms with Crippen molar-refractivity contribution in [1.29, 1.82) is 0 Å². The number of hydrogen-bond acceptors (Lipinski definition) is 5. The minimum Gasteiger partial charge on any atom is -0.466 e. The van der Waals surface area contributed by atoms with Crippen molar-refractivity contribution in [3.05, 3.63) is 12.2 Å². The van der Waals surface area contributed by atoms with Crippen LogP contribution in [0.4, 0.5) is 0 Å². The SMILES string of the molecule is CCCCCCCCCCCCCCCCCCCC(=O)OCCCCCCCCCCCCCC/C=C\CCCCCCCCCCCCCCCCCC(=O)NC(CO)C(O)CCCCCCCCCCCCCCCCCCC. The molecule has 2 atom stereocenters. The van der Waals surface area contributed by atoms with Crippen LogP contribution < -0.4 is 5.32 Å². The van der Waals surface area contributed by atoms with Crippen LogP contribution in [0, 0.1) is 0 Å². The summed E-state index contributed by atoms with van der Waals surface area (Å²) < 4.78 is 5.51. The molecule has 1 amide bonds. The molecule has 6 nitrogen and oxygen atoms in total. The first-order chi connectivity index (χ1) is 40.5. The molecule has 0 rings (SSSR count). The molecule has 0 aromatic heterocycles. The molecule has 0 radical (unpaired) electrons. The maximum atomic E-state index is 12.5. The Balaban J connectivity index is 3.34. The van der Waals surface area contributed by atoms with Crippen molar-refractivity contribution < 1.29 is 24.5 Å². The molecule has 0 fully saturated rings. The highest BCUT2D eigenvalue weighted by Crippen LogP contribution is 2.20. The molecule has 0 aliphatic heterocycles. The molecule has 0 saturated heterocycles. The third-order valence-corrected chi connectivity index (χ3v) is 18.1. The number of aliphatic hydroxyl groups excluding tert-OH is 2. The van der Waals surface area contributed by atoms with E-state index in [2.05, 4.69) is 31.3 Å². The lowest BCUT2D eigenvalue weighted by Crippen LogP contribution is -2.45. The summed E-state index contributed by atoms with van der Waals surface area (Å²) in [6.07, 6.45) is 90.0. The zero-order valence-electron chi connectivity index (χ0n) is 56.0. The van der Waals surface area contributed by atoms with Crippen LogP contribution in [-0.2, 0) is 14.3 Å². The van der Waals surface area contributed by atoms with Crippen LogP contribution in [0.3, 0.4) is 0 Å². The molecule has 0 aliphatic rings. The Morgan fingerprint density at radius 3 is 0.866 bits per heavy atom. The predicted octanol–water partition coefficient (Wildman–Crippen LogP) is 24.7. The highest BCUT2D eigenvalue weighted by Gasteiger charge is 2.20. The molecule has 2 unspecified atom stereocenters. The average molecular weight is 1160 g/mol. The summed E-state index contributed by atoms with van der Waals surface area (Å²) in [4.78, 5) is 24.6. The summed E-state index contributed by atoms with van der Waals surface area (Å²) in [6, 6.07) is -0.539. The van der Waals surface area contributed by atoms with Crippen LogP contribution in [0.5, 0.6) is 0 Å². The van der Waals surface area contributed by atoms with Gasteiger partial charge in [0.1, 0.15) is 0 Å². The number of esters is 1. The Bertz CT molecular complexity index is 1240. The lowest BCUT2D eigenvalue weighted by molar-refractivity contribution is -0.143. The molecule has 0 spiro atoms. The van der Waals surface area contributed by atoms with Crippen molar-refractivity contribution in [3.63, 3.8) is 0 Å². The van der Waals surface area contributed by atoms with Gasteiger partial charge in [-0.1, -0.05) is 386 Å². The number of nitrogens with one attached hydrogen (secondary N) is 1. The number of unbranched alkanes of at least 4 members (excludes halogenated alkanes) is 59. The minimum absolute atomic E-state index is 0.0228. The Morgan fingerprint density at radius 1 is 0.329 bits per heavy atom. The second-order valence-electron chi connectivity index (χ2n) is 26.3. The third-order valence-electron chi connectivity index (χ3n) is 18.1. The van der Waals surface area contributed by atoms with E-state index >= 15 is 0 Å². The van der Waals surface area contributed by atoms with E-state index in [4.69, 9.17) is 4.74 Å². The summed E-state index contributed by atoms with van der Waals surface area (Å²) in [7, 11) is 0. The van der Waals surface area contributed by atoms with Gasteiger partial charge in [-0.25, -0.2) is 0 Å². The summed E-state index contributed by atoms with van der Waals surface area (Å²) >= 11 is 0. The van der Waals surface area contributed by atoms with E-state index in [0.29, 0.717) is 25.9 Å². The highest BCUT2D eigenvalue weighted by molar-refractivity contribution is 5.76. The fraction of sp³-hybridized carbons (Fsp3) is 0.947. The van der Waals surface area contributed by atoms with Gasteiger partial charge in [-0.15, -0.1) is 0 Å². The maximum absolute atomic E-state index is 12.5. The zero-order valence-corrected chi connectivity index (χ0v) is 56.0. The van der Waals surface area contributed by atoms with E-state index in [-0.39, 0.29) is 18.5 Å². The largest absolute Gasteiger partial charge is 0.466 e. The molecule has 0 heterocycles. The average Bonchev–Trinajstić information content (AvgIpc) is 3.48. The quantitative estimate of drug-likeness (QED) is 0.0320. The van der Waals surface area contributed by atoms with Gasteiger partial charge in [0.15, 0.2) is 0 Å². The van der Waals surface area contributed by atoms with Crippen LogP contribution in [-0.4, -0.2) is 47.4 Å². The van der Waals surface area contributed by atoms with Crippen LogP contribution in [0.15, 0.2) is 12.2 Å². The topological polar surface area (TPSA) is 95.9 Å². The third kappa shape index (κ3) is 67.7. The number of hydrogen-bond donors (Lipinski definition) is 3. The van der Waals surface area contributed by atoms with Crippen molar-refractivity contribution in [2.75, 3.05) is 13.2 Å². The van der Waals surface area contributed by atoms with Crippen LogP contribution in [0.25, 0.3) is 0 Å². The fourth-order valence-corrected chi connectivity index (χ4v) is 12.3. The van der Waals surface area contributed by atoms with Crippen LogP contribution >= 0.6 is 0 Å². The summed E-state index contributed by atoms with van der Waals surface area (Å²) in [5, 5.41) is 23.4. The Hall–Kier alpha value is -1.40. The first kappa shape index (κ1) is 80.6. The molecule has 0 bridgehead atoms. The van der Waals surface area contributed by atoms with Gasteiger partial charge in [-0.2, -0.15) is 0 Å². The van der Waals surface area contributed by atoms with Crippen molar-refractivity contribution in [2.45, 2.75) is 450 Å². The monoisotopic (exact) mass is 1160 g/mol. The number of carbonyl (C=O) groups is 2. The van der Waals surface area contributed by atoms with E-state index in [1.165, 1.54) is 366 Å². The fourth-order valence-electron chi connectivity index (χ4n) is 12.3. The summed E-state index contributed by atoms with van der Waals surface area (Å²) in [6.45, 7) is 5.01. The molecule has 3 N–H and O–H groups in total. The minimum atomic E-state index is -0.662. The number of ether oxygens (including phenoxy) is 1. The Morgan fingerprint density at radius 2 is 0.573 bits per heavy atom. The van der Waals surface area contributed by atoms with Crippen molar-refractivity contribution >= 4 is 11.9 Å². The first-order valence-electron chi connectivity index (χ1n) is 37.9. The Labute approximate surface area is 514 Å². The van der Waals surface area contributed by atoms with Gasteiger partial charge in [0.05, 0.1) is 25.4 Å². The molecular weight excluding hydrogens is 1010 g/mol. The van der Waals surface area contributed by atoms with Gasteiger partial charge >= 0.3 is 5.97 Å². The van der Waals surface area contributed by atoms with Gasteiger partial charge < -0.3 is 20.3 Å². The first-order valence-corrected chi connectivity index (χ1v) is 37.9. The van der Waals surface area contributed by atoms with E-state index in [1.54, 1.807) is 0 Å². The zero-order chi connectivity index (χ0) is 59.2. The van der Waals surface area contributed by atoms with Crippen LogP contribution in [0.2, 0.25) is 0 Å². The molecule has 6 heteroatoms. The number of aliphatic hydroxyl groups is 2. The van der Waals surface area contributed by atoms with Crippen molar-refractivity contribution in [2.24, 2.45) is 0 Å². The van der Waals surface area contributed by atoms with E-state index in [1.807, 2.05) is 0 Å². The van der Waals surface area contributed by atoms with Gasteiger partial charge in [-0.05, 0) is 51.4 Å². The van der Waals surface area contributed by atoms with Gasteiger partial charge in [0.2, 0.25) is 5.91 Å². The molecule has 0 aliphatic carbocycles. The Kier molecular flexibility index (Phi) is 70.8. The number of amides is 1. The molecule has 0 aromatic carbocycles.